The van der Waals surface area contributed by atoms with Gasteiger partial charge in [0, 0.05) is 1730 Å². The Kier molecular flexibility index (Phi) is 3120. The Bertz CT molecular complexity index is 12.4. The molecule has 0 atom stereocenters. The quantitative estimate of drug-likeness (QED) is 0.315. The average Bonchev–Trinajstić information content (AvgIpc) is 0. The molecule has 0 unspecified atom stereocenters. The van der Waals surface area contributed by atoms with Crippen LogP contribution in [-0.2, 0) is 1730 Å². The van der Waals surface area contributed by atoms with Gasteiger partial charge in [0.2, 0.25) is 0 Å². The smallest absolute Gasteiger partial charge is 0 e. The van der Waals surface area contributed by atoms with Crippen molar-refractivity contribution in [3.8, 4) is 0 Å². The van der Waals surface area contributed by atoms with Gasteiger partial charge >= 0.3 is 0 Å². The molecule has 0 nitrogen and oxygen atoms in total. The first-order valence-corrected chi connectivity index (χ1v) is 0. The van der Waals surface area contributed by atoms with Crippen LogP contribution in [0.1, 0.15) is 0 Å². The predicted molar refractivity (Wildman–Crippen MR) is 12.8 cm³/mol. The van der Waals surface area contributed by atoms with Crippen molar-refractivity contribution in [2.75, 3.05) is 0 Å². The molecule has 0 heterocycles. The van der Waals surface area contributed by atoms with Gasteiger partial charge < -0.3 is 14.9 Å². The molecule has 0 spiro atoms. The van der Waals surface area contributed by atoms with Crippen LogP contribution in [0.3, 0.4) is 0 Å². The fourth-order valence-electron chi connectivity index (χ4n) is 0. The normalized spacial score (nSPS) is 0. The summed E-state index contributed by atoms with van der Waals surface area (Å²) in [6.45, 7) is 0. The van der Waals surface area contributed by atoms with Gasteiger partial charge in [0.15, 0.2) is 0 Å². The van der Waals surface area contributed by atoms with Crippen LogP contribution in [0.2, 0.25) is 0 Å². The standard InChI is InChI=1S/2CH3.53Y/h2*1H3;;;;;;;;;;;;;;;;;;;;;;;;;;;;;;;;;;;;;;;;;;;;;;;;;;;;;/q2*-1;;;;;;;;;;;;;;;;;;;;;;;;;;;;;;;;;;;;;;;;;;;;;;;;;;;;;. The van der Waals surface area contributed by atoms with Crippen LogP contribution in [0.15, 0.2) is 0 Å². The number of hydrogen-bond donors (Lipinski definition) is 0. The van der Waals surface area contributed by atoms with Crippen molar-refractivity contribution in [2.45, 2.75) is 0 Å². The van der Waals surface area contributed by atoms with Gasteiger partial charge in [-0.25, -0.2) is 0 Å². The van der Waals surface area contributed by atoms with Crippen LogP contribution in [0, 0.1) is 14.9 Å². The Labute approximate surface area is 1680 Å². The Morgan fingerprint density at radius 1 is 0.0364 bits per heavy atom. The van der Waals surface area contributed by atoms with E-state index in [4.69, 9.17) is 0 Å². The average molecular weight is 4740 g/mol. The van der Waals surface area contributed by atoms with E-state index in [1.54, 1.807) is 0 Å². The fraction of sp³-hybridized carbons (Fsp3) is 0. The summed E-state index contributed by atoms with van der Waals surface area (Å²) in [5.41, 5.74) is 0. The van der Waals surface area contributed by atoms with Crippen molar-refractivity contribution in [3.63, 3.8) is 0 Å². The van der Waals surface area contributed by atoms with E-state index < -0.39 is 0 Å². The largest absolute Gasteiger partial charge is 0.358 e. The maximum Gasteiger partial charge on any atom is 0 e. The molecule has 0 saturated carbocycles. The van der Waals surface area contributed by atoms with Gasteiger partial charge in [0.25, 0.3) is 0 Å². The molecule has 0 aromatic heterocycles. The Hall–Kier alpha value is 58.5. The molecule has 0 N–H and O–H groups in total. The Morgan fingerprint density at radius 3 is 0.0364 bits per heavy atom. The third-order valence-corrected chi connectivity index (χ3v) is 0. The molecule has 0 aliphatic carbocycles. The first-order chi connectivity index (χ1) is 0. The number of hydrogen-bond acceptors (Lipinski definition) is 0. The van der Waals surface area contributed by atoms with Crippen molar-refractivity contribution in [2.24, 2.45) is 0 Å². The van der Waals surface area contributed by atoms with E-state index in [0.717, 1.165) is 0 Å². The summed E-state index contributed by atoms with van der Waals surface area (Å²) in [6.07, 6.45) is 0. The zero-order valence-corrected chi connectivity index (χ0v) is 183. The topological polar surface area (TPSA) is 0 Å². The SMILES string of the molecule is [CH3-].[CH3-].[Y].[Y].[Y].[Y].[Y].[Y].[Y].[Y].[Y].[Y].[Y].[Y].[Y].[Y].[Y].[Y].[Y].[Y].[Y].[Y].[Y].[Y].[Y].[Y].[Y].[Y].[Y].[Y].[Y].[Y].[Y].[Y].[Y].[Y].[Y].[Y].[Y].[Y].[Y].[Y].[Y].[Y].[Y].[Y].[Y].[Y].[Y].[Y].[Y].[Y].[Y].[Y].[Y]. The summed E-state index contributed by atoms with van der Waals surface area (Å²) in [4.78, 5) is 0. The molecule has 0 saturated heterocycles. The summed E-state index contributed by atoms with van der Waals surface area (Å²) in [7, 11) is 0. The minimum atomic E-state index is 0. The van der Waals surface area contributed by atoms with Crippen LogP contribution in [-0.4, -0.2) is 0 Å². The molecule has 0 aromatic carbocycles. The predicted octanol–water partition coefficient (Wildman–Crippen LogP) is 0.768. The van der Waals surface area contributed by atoms with E-state index in [-0.39, 0.29) is 1750 Å². The Balaban J connectivity index is 0. The van der Waals surface area contributed by atoms with Gasteiger partial charge in [-0.1, -0.05) is 0 Å². The third kappa shape index (κ3) is 401. The molecule has 0 fully saturated rings. The zero-order chi connectivity index (χ0) is 0. The second kappa shape index (κ2) is 409. The van der Waals surface area contributed by atoms with E-state index in [0.29, 0.717) is 0 Å². The summed E-state index contributed by atoms with van der Waals surface area (Å²) >= 11 is 0. The molecule has 0 aliphatic rings. The minimum absolute atomic E-state index is 0. The van der Waals surface area contributed by atoms with Crippen molar-refractivity contribution < 1.29 is 1730 Å². The second-order valence-corrected chi connectivity index (χ2v) is 0. The summed E-state index contributed by atoms with van der Waals surface area (Å²) in [5.74, 6) is 0. The van der Waals surface area contributed by atoms with Crippen LogP contribution >= 0.6 is 0 Å². The summed E-state index contributed by atoms with van der Waals surface area (Å²) in [6, 6.07) is 0. The van der Waals surface area contributed by atoms with Crippen LogP contribution in [0.5, 0.6) is 0 Å². The Morgan fingerprint density at radius 2 is 0.0364 bits per heavy atom. The minimum Gasteiger partial charge on any atom is -0.358 e. The molecule has 0 amide bonds. The molecule has 53 heteroatoms. The summed E-state index contributed by atoms with van der Waals surface area (Å²) < 4.78 is 0. The van der Waals surface area contributed by atoms with Gasteiger partial charge in [-0.3, -0.25) is 0 Å². The first kappa shape index (κ1) is 420. The second-order valence-electron chi connectivity index (χ2n) is 0. The van der Waals surface area contributed by atoms with E-state index >= 15 is 0 Å². The third-order valence-electron chi connectivity index (χ3n) is 0. The molecule has 0 bridgehead atoms. The van der Waals surface area contributed by atoms with E-state index in [1.165, 1.54) is 0 Å². The molecular weight excluding hydrogens is 4740 g/mol. The van der Waals surface area contributed by atoms with E-state index in [2.05, 4.69) is 0 Å². The molecule has 0 aliphatic heterocycles. The molecule has 175 valence electrons. The van der Waals surface area contributed by atoms with Crippen molar-refractivity contribution >= 4 is 0 Å². The van der Waals surface area contributed by atoms with Crippen molar-refractivity contribution in [1.82, 2.24) is 0 Å². The van der Waals surface area contributed by atoms with Crippen molar-refractivity contribution in [1.29, 1.82) is 0 Å². The van der Waals surface area contributed by atoms with Gasteiger partial charge in [-0.15, -0.1) is 0 Å². The van der Waals surface area contributed by atoms with Crippen LogP contribution in [0.25, 0.3) is 0 Å². The molecule has 0 rings (SSSR count). The summed E-state index contributed by atoms with van der Waals surface area (Å²) in [5, 5.41) is 0. The molecule has 55 heavy (non-hydrogen) atoms. The first-order valence-electron chi connectivity index (χ1n) is 0. The molecule has 0 aromatic rings. The van der Waals surface area contributed by atoms with Gasteiger partial charge in [-0.2, -0.15) is 0 Å². The maximum absolute atomic E-state index is 0. The van der Waals surface area contributed by atoms with E-state index in [9.17, 15) is 0 Å². The zero-order valence-electron chi connectivity index (χ0n) is 32.6. The number of rotatable bonds is 0. The van der Waals surface area contributed by atoms with Gasteiger partial charge in [0.05, 0.1) is 0 Å². The maximum atomic E-state index is 0. The monoisotopic (exact) mass is 4740 g/mol. The van der Waals surface area contributed by atoms with Crippen molar-refractivity contribution in [3.05, 3.63) is 14.9 Å². The molecule has 53 radical (unpaired) electrons. The fourth-order valence-corrected chi connectivity index (χ4v) is 0. The van der Waals surface area contributed by atoms with Crippen LogP contribution < -0.4 is 0 Å². The van der Waals surface area contributed by atoms with Gasteiger partial charge in [0.1, 0.15) is 0 Å². The van der Waals surface area contributed by atoms with Crippen LogP contribution in [0.4, 0.5) is 0 Å². The van der Waals surface area contributed by atoms with Gasteiger partial charge in [-0.05, 0) is 0 Å². The van der Waals surface area contributed by atoms with E-state index in [1.807, 2.05) is 0 Å². The molecular formula is C2H6Y53-2.